The van der Waals surface area contributed by atoms with Gasteiger partial charge >= 0.3 is 5.97 Å². The van der Waals surface area contributed by atoms with Gasteiger partial charge in [0.2, 0.25) is 0 Å². The number of aliphatic carboxylic acids is 1. The second-order valence-corrected chi connectivity index (χ2v) is 7.16. The molecule has 1 heterocycles. The molecular formula is C22H22ClNO4. The first kappa shape index (κ1) is 20.0. The van der Waals surface area contributed by atoms with E-state index in [1.165, 1.54) is 0 Å². The highest BCUT2D eigenvalue weighted by Crippen LogP contribution is 2.30. The summed E-state index contributed by atoms with van der Waals surface area (Å²) in [5, 5.41) is 13.7. The van der Waals surface area contributed by atoms with Crippen LogP contribution in [0.1, 0.15) is 34.4 Å². The third-order valence-electron chi connectivity index (χ3n) is 4.93. The molecular weight excluding hydrogens is 378 g/mol. The molecule has 5 nitrogen and oxygen atoms in total. The number of halogens is 1. The summed E-state index contributed by atoms with van der Waals surface area (Å²) < 4.78 is 11.4. The molecule has 0 fully saturated rings. The van der Waals surface area contributed by atoms with Crippen LogP contribution in [0.5, 0.6) is 5.75 Å². The third kappa shape index (κ3) is 4.37. The van der Waals surface area contributed by atoms with Crippen LogP contribution in [0.2, 0.25) is 5.02 Å². The first-order valence-electron chi connectivity index (χ1n) is 9.01. The number of carbonyl (C=O) groups is 1. The summed E-state index contributed by atoms with van der Waals surface area (Å²) in [6.45, 7) is 6.15. The molecule has 0 saturated carbocycles. The summed E-state index contributed by atoms with van der Waals surface area (Å²) in [6.07, 6.45) is 0.624. The fourth-order valence-electron chi connectivity index (χ4n) is 3.07. The van der Waals surface area contributed by atoms with Crippen molar-refractivity contribution in [1.29, 1.82) is 0 Å². The zero-order chi connectivity index (χ0) is 20.3. The normalized spacial score (nSPS) is 10.9. The zero-order valence-electron chi connectivity index (χ0n) is 16.1. The van der Waals surface area contributed by atoms with E-state index >= 15 is 0 Å². The Morgan fingerprint density at radius 1 is 1.11 bits per heavy atom. The lowest BCUT2D eigenvalue weighted by Gasteiger charge is -2.14. The number of aromatic nitrogens is 1. The number of benzene rings is 2. The highest BCUT2D eigenvalue weighted by atomic mass is 35.5. The van der Waals surface area contributed by atoms with E-state index in [9.17, 15) is 4.79 Å². The maximum absolute atomic E-state index is 10.8. The Kier molecular flexibility index (Phi) is 6.05. The molecule has 0 aliphatic rings. The quantitative estimate of drug-likeness (QED) is 0.566. The Labute approximate surface area is 168 Å². The molecule has 1 aromatic heterocycles. The van der Waals surface area contributed by atoms with E-state index < -0.39 is 5.97 Å². The molecule has 0 unspecified atom stereocenters. The number of hydrogen-bond donors (Lipinski definition) is 1. The van der Waals surface area contributed by atoms with Crippen molar-refractivity contribution in [1.82, 2.24) is 5.16 Å². The first-order chi connectivity index (χ1) is 13.4. The predicted octanol–water partition coefficient (Wildman–Crippen LogP) is 5.52. The van der Waals surface area contributed by atoms with Crippen LogP contribution in [0, 0.1) is 20.8 Å². The van der Waals surface area contributed by atoms with Crippen molar-refractivity contribution >= 4 is 17.6 Å². The second kappa shape index (κ2) is 8.48. The van der Waals surface area contributed by atoms with Crippen molar-refractivity contribution in [2.45, 2.75) is 40.2 Å². The number of carboxylic acid groups (broad SMARTS) is 1. The van der Waals surface area contributed by atoms with Crippen molar-refractivity contribution < 1.29 is 19.2 Å². The summed E-state index contributed by atoms with van der Waals surface area (Å²) >= 11 is 5.97. The number of ether oxygens (including phenoxy) is 1. The van der Waals surface area contributed by atoms with Gasteiger partial charge in [0.25, 0.3) is 0 Å². The van der Waals surface area contributed by atoms with Crippen molar-refractivity contribution in [3.63, 3.8) is 0 Å². The van der Waals surface area contributed by atoms with E-state index in [0.717, 1.165) is 39.3 Å². The lowest BCUT2D eigenvalue weighted by Crippen LogP contribution is -2.03. The molecule has 6 heteroatoms. The van der Waals surface area contributed by atoms with E-state index in [-0.39, 0.29) is 6.42 Å². The van der Waals surface area contributed by atoms with E-state index in [1.807, 2.05) is 57.2 Å². The van der Waals surface area contributed by atoms with Gasteiger partial charge in [-0.15, -0.1) is 0 Å². The second-order valence-electron chi connectivity index (χ2n) is 6.73. The van der Waals surface area contributed by atoms with Gasteiger partial charge in [-0.3, -0.25) is 4.79 Å². The van der Waals surface area contributed by atoms with Crippen molar-refractivity contribution in [3.8, 4) is 17.0 Å². The average Bonchev–Trinajstić information content (AvgIpc) is 3.03. The molecule has 0 aliphatic carbocycles. The minimum Gasteiger partial charge on any atom is -0.488 e. The standard InChI is InChI=1S/C22H22ClNO4/c1-13-14(2)20(10-6-16(13)7-11-21(25)26)27-12-19-15(3)28-24-22(19)17-4-8-18(23)9-5-17/h4-6,8-10H,7,11-12H2,1-3H3,(H,25,26). The van der Waals surface area contributed by atoms with Gasteiger partial charge in [0.05, 0.1) is 5.56 Å². The van der Waals surface area contributed by atoms with Gasteiger partial charge in [-0.05, 0) is 62.1 Å². The Morgan fingerprint density at radius 3 is 2.50 bits per heavy atom. The maximum Gasteiger partial charge on any atom is 0.303 e. The summed E-state index contributed by atoms with van der Waals surface area (Å²) in [7, 11) is 0. The van der Waals surface area contributed by atoms with Crippen molar-refractivity contribution in [2.24, 2.45) is 0 Å². The molecule has 28 heavy (non-hydrogen) atoms. The van der Waals surface area contributed by atoms with Crippen LogP contribution >= 0.6 is 11.6 Å². The molecule has 0 spiro atoms. The molecule has 146 valence electrons. The highest BCUT2D eigenvalue weighted by Gasteiger charge is 2.16. The molecule has 0 radical (unpaired) electrons. The summed E-state index contributed by atoms with van der Waals surface area (Å²) in [5.74, 6) is 0.673. The SMILES string of the molecule is Cc1onc(-c2ccc(Cl)cc2)c1COc1ccc(CCC(=O)O)c(C)c1C. The maximum atomic E-state index is 10.8. The van der Waals surface area contributed by atoms with Crippen LogP contribution in [0.4, 0.5) is 0 Å². The van der Waals surface area contributed by atoms with Gasteiger partial charge in [-0.1, -0.05) is 35.0 Å². The van der Waals surface area contributed by atoms with Crippen LogP contribution in [-0.4, -0.2) is 16.2 Å². The van der Waals surface area contributed by atoms with E-state index in [0.29, 0.717) is 23.8 Å². The largest absolute Gasteiger partial charge is 0.488 e. The Balaban J connectivity index is 1.79. The minimum atomic E-state index is -0.796. The smallest absolute Gasteiger partial charge is 0.303 e. The first-order valence-corrected chi connectivity index (χ1v) is 9.39. The number of nitrogens with zero attached hydrogens (tertiary/aromatic N) is 1. The van der Waals surface area contributed by atoms with E-state index in [4.69, 9.17) is 26.0 Å². The van der Waals surface area contributed by atoms with Gasteiger partial charge in [0.1, 0.15) is 23.8 Å². The van der Waals surface area contributed by atoms with Crippen LogP contribution in [0.3, 0.4) is 0 Å². The van der Waals surface area contributed by atoms with Gasteiger partial charge in [-0.2, -0.15) is 0 Å². The Morgan fingerprint density at radius 2 is 1.82 bits per heavy atom. The summed E-state index contributed by atoms with van der Waals surface area (Å²) in [5.41, 5.74) is 5.62. The van der Waals surface area contributed by atoms with Gasteiger partial charge in [-0.25, -0.2) is 0 Å². The monoisotopic (exact) mass is 399 g/mol. The lowest BCUT2D eigenvalue weighted by atomic mass is 9.99. The molecule has 0 bridgehead atoms. The topological polar surface area (TPSA) is 72.6 Å². The minimum absolute atomic E-state index is 0.116. The zero-order valence-corrected chi connectivity index (χ0v) is 16.8. The van der Waals surface area contributed by atoms with Gasteiger partial charge in [0.15, 0.2) is 0 Å². The lowest BCUT2D eigenvalue weighted by molar-refractivity contribution is -0.136. The molecule has 3 rings (SSSR count). The molecule has 2 aromatic carbocycles. The Bertz CT molecular complexity index is 993. The number of aryl methyl sites for hydroxylation is 2. The number of carboxylic acids is 1. The molecule has 3 aromatic rings. The molecule has 0 atom stereocenters. The van der Waals surface area contributed by atoms with Crippen LogP contribution in [0.25, 0.3) is 11.3 Å². The van der Waals surface area contributed by atoms with Crippen LogP contribution in [-0.2, 0) is 17.8 Å². The van der Waals surface area contributed by atoms with Gasteiger partial charge in [0, 0.05) is 17.0 Å². The third-order valence-corrected chi connectivity index (χ3v) is 5.18. The van der Waals surface area contributed by atoms with E-state index in [1.54, 1.807) is 0 Å². The number of rotatable bonds is 7. The van der Waals surface area contributed by atoms with Crippen molar-refractivity contribution in [3.05, 3.63) is 69.4 Å². The molecule has 0 saturated heterocycles. The number of hydrogen-bond acceptors (Lipinski definition) is 4. The highest BCUT2D eigenvalue weighted by molar-refractivity contribution is 6.30. The molecule has 0 aliphatic heterocycles. The fourth-order valence-corrected chi connectivity index (χ4v) is 3.19. The summed E-state index contributed by atoms with van der Waals surface area (Å²) in [4.78, 5) is 10.8. The summed E-state index contributed by atoms with van der Waals surface area (Å²) in [6, 6.07) is 11.3. The van der Waals surface area contributed by atoms with E-state index in [2.05, 4.69) is 5.16 Å². The Hall–Kier alpha value is -2.79. The average molecular weight is 400 g/mol. The van der Waals surface area contributed by atoms with Gasteiger partial charge < -0.3 is 14.4 Å². The van der Waals surface area contributed by atoms with Crippen molar-refractivity contribution in [2.75, 3.05) is 0 Å². The molecule has 1 N–H and O–H groups in total. The predicted molar refractivity (Wildman–Crippen MR) is 108 cm³/mol. The van der Waals surface area contributed by atoms with Crippen LogP contribution in [0.15, 0.2) is 40.9 Å². The fraction of sp³-hybridized carbons (Fsp3) is 0.273. The molecule has 0 amide bonds. The van der Waals surface area contributed by atoms with Crippen LogP contribution < -0.4 is 4.74 Å².